The quantitative estimate of drug-likeness (QED) is 0.913. The number of carboxylic acid groups (broad SMARTS) is 1. The van der Waals surface area contributed by atoms with Gasteiger partial charge in [0.2, 0.25) is 0 Å². The van der Waals surface area contributed by atoms with Crippen molar-refractivity contribution in [2.45, 2.75) is 19.3 Å². The average molecular weight is 259 g/mol. The maximum absolute atomic E-state index is 11.0. The van der Waals surface area contributed by atoms with Gasteiger partial charge in [-0.25, -0.2) is 9.78 Å². The lowest BCUT2D eigenvalue weighted by molar-refractivity contribution is 0.0697. The third-order valence-electron chi connectivity index (χ3n) is 3.89. The third kappa shape index (κ3) is 2.10. The number of fused-ring (bicyclic) bond motifs is 1. The smallest absolute Gasteiger partial charge is 0.335 e. The highest BCUT2D eigenvalue weighted by atomic mass is 16.4. The molecule has 5 heteroatoms. The number of hydrogen-bond acceptors (Lipinski definition) is 3. The molecule has 1 aliphatic rings. The number of imidazole rings is 1. The number of likely N-dealkylation sites (N-methyl/N-ethyl adjacent to an activating group) is 1. The van der Waals surface area contributed by atoms with Gasteiger partial charge in [-0.15, -0.1) is 0 Å². The van der Waals surface area contributed by atoms with Crippen molar-refractivity contribution in [1.29, 1.82) is 0 Å². The van der Waals surface area contributed by atoms with Crippen molar-refractivity contribution in [2.75, 3.05) is 19.6 Å². The van der Waals surface area contributed by atoms with E-state index in [1.807, 2.05) is 10.6 Å². The van der Waals surface area contributed by atoms with Gasteiger partial charge in [-0.05, 0) is 31.6 Å². The van der Waals surface area contributed by atoms with Crippen molar-refractivity contribution >= 4 is 11.5 Å². The molecule has 0 amide bonds. The summed E-state index contributed by atoms with van der Waals surface area (Å²) < 4.78 is 2.01. The third-order valence-corrected chi connectivity index (χ3v) is 3.89. The number of nitrogens with zero attached hydrogens (tertiary/aromatic N) is 3. The zero-order valence-corrected chi connectivity index (χ0v) is 10.9. The molecule has 1 fully saturated rings. The Morgan fingerprint density at radius 2 is 2.42 bits per heavy atom. The zero-order valence-electron chi connectivity index (χ0n) is 10.9. The van der Waals surface area contributed by atoms with Crippen LogP contribution in [0.15, 0.2) is 24.5 Å². The van der Waals surface area contributed by atoms with Crippen LogP contribution in [0.4, 0.5) is 0 Å². The number of carboxylic acids is 1. The van der Waals surface area contributed by atoms with Gasteiger partial charge in [0.1, 0.15) is 5.82 Å². The summed E-state index contributed by atoms with van der Waals surface area (Å²) in [5, 5.41) is 8.99. The van der Waals surface area contributed by atoms with Crippen LogP contribution < -0.4 is 0 Å². The van der Waals surface area contributed by atoms with Crippen LogP contribution in [-0.4, -0.2) is 45.0 Å². The molecule has 5 nitrogen and oxygen atoms in total. The number of likely N-dealkylation sites (tertiary alicyclic amines) is 1. The fraction of sp³-hybridized carbons (Fsp3) is 0.429. The van der Waals surface area contributed by atoms with Crippen LogP contribution in [0.3, 0.4) is 0 Å². The number of pyridine rings is 1. The first kappa shape index (κ1) is 12.2. The topological polar surface area (TPSA) is 57.8 Å². The lowest BCUT2D eigenvalue weighted by Gasteiger charge is -2.12. The van der Waals surface area contributed by atoms with Gasteiger partial charge in [0, 0.05) is 18.7 Å². The number of carbonyl (C=O) groups is 1. The summed E-state index contributed by atoms with van der Waals surface area (Å²) >= 11 is 0. The predicted molar refractivity (Wildman–Crippen MR) is 71.6 cm³/mol. The van der Waals surface area contributed by atoms with Crippen LogP contribution in [0, 0.1) is 0 Å². The fourth-order valence-electron chi connectivity index (χ4n) is 2.79. The van der Waals surface area contributed by atoms with Crippen LogP contribution in [0.25, 0.3) is 5.52 Å². The normalized spacial score (nSPS) is 20.2. The Kier molecular flexibility index (Phi) is 2.98. The Morgan fingerprint density at radius 1 is 1.58 bits per heavy atom. The van der Waals surface area contributed by atoms with Crippen LogP contribution in [0.5, 0.6) is 0 Å². The van der Waals surface area contributed by atoms with E-state index in [2.05, 4.69) is 16.8 Å². The minimum absolute atomic E-state index is 0.306. The Morgan fingerprint density at radius 3 is 3.11 bits per heavy atom. The van der Waals surface area contributed by atoms with Crippen molar-refractivity contribution in [3.63, 3.8) is 0 Å². The van der Waals surface area contributed by atoms with Gasteiger partial charge in [0.25, 0.3) is 0 Å². The first-order valence-corrected chi connectivity index (χ1v) is 6.61. The van der Waals surface area contributed by atoms with Crippen molar-refractivity contribution in [2.24, 2.45) is 0 Å². The molecule has 0 spiro atoms. The second-order valence-electron chi connectivity index (χ2n) is 5.01. The largest absolute Gasteiger partial charge is 0.478 e. The molecule has 0 radical (unpaired) electrons. The molecule has 3 heterocycles. The summed E-state index contributed by atoms with van der Waals surface area (Å²) in [6.45, 7) is 5.40. The summed E-state index contributed by atoms with van der Waals surface area (Å²) in [6, 6.07) is 3.30. The number of hydrogen-bond donors (Lipinski definition) is 1. The van der Waals surface area contributed by atoms with E-state index in [0.29, 0.717) is 11.5 Å². The number of aromatic carboxylic acids is 1. The van der Waals surface area contributed by atoms with Gasteiger partial charge in [0.15, 0.2) is 0 Å². The van der Waals surface area contributed by atoms with E-state index in [1.54, 1.807) is 18.3 Å². The molecule has 1 N–H and O–H groups in total. The summed E-state index contributed by atoms with van der Waals surface area (Å²) in [4.78, 5) is 17.9. The molecule has 1 saturated heterocycles. The molecule has 2 aromatic heterocycles. The maximum atomic E-state index is 11.0. The van der Waals surface area contributed by atoms with Crippen molar-refractivity contribution in [3.05, 3.63) is 35.9 Å². The molecule has 0 aliphatic carbocycles. The second kappa shape index (κ2) is 4.66. The molecular weight excluding hydrogens is 242 g/mol. The Balaban J connectivity index is 1.95. The summed E-state index contributed by atoms with van der Waals surface area (Å²) in [7, 11) is 0. The molecule has 0 bridgehead atoms. The second-order valence-corrected chi connectivity index (χ2v) is 5.01. The Bertz CT molecular complexity index is 620. The summed E-state index contributed by atoms with van der Waals surface area (Å²) in [5.74, 6) is 0.587. The molecule has 19 heavy (non-hydrogen) atoms. The van der Waals surface area contributed by atoms with E-state index in [9.17, 15) is 4.79 Å². The molecule has 2 aromatic rings. The van der Waals surface area contributed by atoms with Gasteiger partial charge < -0.3 is 14.4 Å². The highest BCUT2D eigenvalue weighted by molar-refractivity contribution is 5.88. The van der Waals surface area contributed by atoms with Crippen molar-refractivity contribution in [3.8, 4) is 0 Å². The van der Waals surface area contributed by atoms with Gasteiger partial charge >= 0.3 is 5.97 Å². The predicted octanol–water partition coefficient (Wildman–Crippen LogP) is 1.84. The molecule has 100 valence electrons. The first-order valence-electron chi connectivity index (χ1n) is 6.61. The first-order chi connectivity index (χ1) is 9.19. The Hall–Kier alpha value is -1.88. The number of rotatable bonds is 3. The Labute approximate surface area is 111 Å². The molecule has 1 unspecified atom stereocenters. The van der Waals surface area contributed by atoms with E-state index in [1.165, 1.54) is 0 Å². The van der Waals surface area contributed by atoms with E-state index < -0.39 is 5.97 Å². The molecule has 0 saturated carbocycles. The molecule has 3 rings (SSSR count). The fourth-order valence-corrected chi connectivity index (χ4v) is 2.79. The van der Waals surface area contributed by atoms with Gasteiger partial charge in [-0.3, -0.25) is 0 Å². The van der Waals surface area contributed by atoms with Gasteiger partial charge in [-0.1, -0.05) is 6.92 Å². The highest BCUT2D eigenvalue weighted by Gasteiger charge is 2.25. The number of aromatic nitrogens is 2. The SMILES string of the molecule is CCN1CCC(c2ncc3cc(C(=O)O)ccn23)C1. The van der Waals surface area contributed by atoms with Crippen LogP contribution in [0.2, 0.25) is 0 Å². The zero-order chi connectivity index (χ0) is 13.4. The van der Waals surface area contributed by atoms with Crippen LogP contribution in [-0.2, 0) is 0 Å². The van der Waals surface area contributed by atoms with Crippen LogP contribution >= 0.6 is 0 Å². The van der Waals surface area contributed by atoms with E-state index in [4.69, 9.17) is 5.11 Å². The summed E-state index contributed by atoms with van der Waals surface area (Å²) in [5.41, 5.74) is 1.16. The molecule has 1 atom stereocenters. The minimum atomic E-state index is -0.900. The van der Waals surface area contributed by atoms with Gasteiger partial charge in [0.05, 0.1) is 17.3 Å². The van der Waals surface area contributed by atoms with Crippen molar-refractivity contribution < 1.29 is 9.90 Å². The van der Waals surface area contributed by atoms with E-state index >= 15 is 0 Å². The standard InChI is InChI=1S/C14H17N3O2/c1-2-16-5-3-11(9-16)13-15-8-12-7-10(14(18)19)4-6-17(12)13/h4,6-8,11H,2-3,5,9H2,1H3,(H,18,19). The molecular formula is C14H17N3O2. The average Bonchev–Trinajstić information content (AvgIpc) is 3.03. The lowest BCUT2D eigenvalue weighted by Crippen LogP contribution is -2.19. The van der Waals surface area contributed by atoms with Gasteiger partial charge in [-0.2, -0.15) is 0 Å². The monoisotopic (exact) mass is 259 g/mol. The minimum Gasteiger partial charge on any atom is -0.478 e. The maximum Gasteiger partial charge on any atom is 0.335 e. The molecule has 1 aliphatic heterocycles. The van der Waals surface area contributed by atoms with E-state index in [-0.39, 0.29) is 0 Å². The van der Waals surface area contributed by atoms with Crippen molar-refractivity contribution in [1.82, 2.24) is 14.3 Å². The highest BCUT2D eigenvalue weighted by Crippen LogP contribution is 2.26. The lowest BCUT2D eigenvalue weighted by atomic mass is 10.1. The van der Waals surface area contributed by atoms with Crippen LogP contribution in [0.1, 0.15) is 35.4 Å². The molecule has 0 aromatic carbocycles. The van der Waals surface area contributed by atoms with E-state index in [0.717, 1.165) is 37.4 Å². The summed E-state index contributed by atoms with van der Waals surface area (Å²) in [6.07, 6.45) is 4.69.